The molecule has 1 aromatic carbocycles. The Hall–Kier alpha value is -1.39. The first kappa shape index (κ1) is 11.7. The van der Waals surface area contributed by atoms with E-state index in [2.05, 4.69) is 36.2 Å². The highest BCUT2D eigenvalue weighted by molar-refractivity contribution is 6.28. The molecule has 0 spiro atoms. The third-order valence-corrected chi connectivity index (χ3v) is 3.37. The van der Waals surface area contributed by atoms with Crippen LogP contribution in [0.4, 0.5) is 0 Å². The molecule has 3 rings (SSSR count). The summed E-state index contributed by atoms with van der Waals surface area (Å²) in [7, 11) is 0. The number of aromatic nitrogens is 3. The summed E-state index contributed by atoms with van der Waals surface area (Å²) in [6, 6.07) is 6.22. The van der Waals surface area contributed by atoms with Crippen LogP contribution >= 0.6 is 11.6 Å². The van der Waals surface area contributed by atoms with Gasteiger partial charge in [0.05, 0.1) is 18.9 Å². The van der Waals surface area contributed by atoms with Crippen LogP contribution in [-0.4, -0.2) is 14.8 Å². The summed E-state index contributed by atoms with van der Waals surface area (Å²) in [6.45, 7) is 5.52. The first-order valence-electron chi connectivity index (χ1n) is 5.97. The van der Waals surface area contributed by atoms with Crippen molar-refractivity contribution in [3.05, 3.63) is 40.4 Å². The molecule has 0 radical (unpaired) electrons. The van der Waals surface area contributed by atoms with Crippen molar-refractivity contribution in [3.8, 4) is 5.69 Å². The van der Waals surface area contributed by atoms with Gasteiger partial charge in [-0.15, -0.1) is 10.2 Å². The molecular weight excluding hydrogens is 250 g/mol. The Labute approximate surface area is 111 Å². The largest absolute Gasteiger partial charge is 0.372 e. The molecule has 0 amide bonds. The normalized spacial score (nSPS) is 14.2. The first-order chi connectivity index (χ1) is 8.66. The molecule has 1 aliphatic rings. The number of fused-ring (bicyclic) bond motifs is 1. The minimum Gasteiger partial charge on any atom is -0.372 e. The second-order valence-corrected chi connectivity index (χ2v) is 5.10. The molecule has 2 aromatic rings. The molecule has 5 heteroatoms. The van der Waals surface area contributed by atoms with E-state index < -0.39 is 0 Å². The zero-order chi connectivity index (χ0) is 12.7. The molecule has 0 saturated heterocycles. The highest BCUT2D eigenvalue weighted by Gasteiger charge is 2.17. The van der Waals surface area contributed by atoms with Gasteiger partial charge in [-0.3, -0.25) is 4.57 Å². The number of rotatable bonds is 2. The summed E-state index contributed by atoms with van der Waals surface area (Å²) in [5.74, 6) is 1.15. The lowest BCUT2D eigenvalue weighted by Gasteiger charge is -2.11. The van der Waals surface area contributed by atoms with Crippen molar-refractivity contribution < 1.29 is 4.74 Å². The third-order valence-electron chi connectivity index (χ3n) is 3.13. The Kier molecular flexibility index (Phi) is 2.84. The van der Waals surface area contributed by atoms with Crippen LogP contribution in [0.1, 0.15) is 36.7 Å². The zero-order valence-electron chi connectivity index (χ0n) is 10.4. The van der Waals surface area contributed by atoms with Crippen molar-refractivity contribution in [1.29, 1.82) is 0 Å². The Morgan fingerprint density at radius 2 is 2.00 bits per heavy atom. The van der Waals surface area contributed by atoms with Crippen LogP contribution in [0, 0.1) is 0 Å². The SMILES string of the molecule is CC(C)c1nnc(Cl)n1-c1ccc2c(c1)COC2. The molecular formula is C13H14ClN3O. The highest BCUT2D eigenvalue weighted by Crippen LogP contribution is 2.26. The van der Waals surface area contributed by atoms with Gasteiger partial charge in [-0.2, -0.15) is 0 Å². The summed E-state index contributed by atoms with van der Waals surface area (Å²) < 4.78 is 7.32. The number of ether oxygens (including phenoxy) is 1. The van der Waals surface area contributed by atoms with Gasteiger partial charge in [0.15, 0.2) is 0 Å². The fourth-order valence-electron chi connectivity index (χ4n) is 2.19. The monoisotopic (exact) mass is 263 g/mol. The van der Waals surface area contributed by atoms with E-state index in [1.165, 1.54) is 11.1 Å². The van der Waals surface area contributed by atoms with E-state index >= 15 is 0 Å². The number of nitrogens with zero attached hydrogens (tertiary/aromatic N) is 3. The highest BCUT2D eigenvalue weighted by atomic mass is 35.5. The van der Waals surface area contributed by atoms with Crippen molar-refractivity contribution in [2.45, 2.75) is 33.0 Å². The van der Waals surface area contributed by atoms with Crippen molar-refractivity contribution in [2.75, 3.05) is 0 Å². The van der Waals surface area contributed by atoms with Gasteiger partial charge in [-0.1, -0.05) is 19.9 Å². The smallest absolute Gasteiger partial charge is 0.229 e. The maximum absolute atomic E-state index is 6.13. The average molecular weight is 264 g/mol. The molecule has 0 aliphatic carbocycles. The standard InChI is InChI=1S/C13H14ClN3O/c1-8(2)12-15-16-13(14)17(12)11-4-3-9-6-18-7-10(9)5-11/h3-5,8H,6-7H2,1-2H3. The Morgan fingerprint density at radius 3 is 2.78 bits per heavy atom. The molecule has 18 heavy (non-hydrogen) atoms. The van der Waals surface area contributed by atoms with Gasteiger partial charge in [-0.25, -0.2) is 0 Å². The van der Waals surface area contributed by atoms with Crippen molar-refractivity contribution in [3.63, 3.8) is 0 Å². The van der Waals surface area contributed by atoms with Crippen molar-refractivity contribution in [1.82, 2.24) is 14.8 Å². The van der Waals surface area contributed by atoms with Gasteiger partial charge in [-0.05, 0) is 34.9 Å². The molecule has 94 valence electrons. The Morgan fingerprint density at radius 1 is 1.22 bits per heavy atom. The predicted molar refractivity (Wildman–Crippen MR) is 69.0 cm³/mol. The quantitative estimate of drug-likeness (QED) is 0.836. The lowest BCUT2D eigenvalue weighted by Crippen LogP contribution is -2.04. The van der Waals surface area contributed by atoms with Gasteiger partial charge in [0.25, 0.3) is 0 Å². The summed E-state index contributed by atoms with van der Waals surface area (Å²) in [4.78, 5) is 0. The Bertz CT molecular complexity index is 592. The van der Waals surface area contributed by atoms with Crippen LogP contribution < -0.4 is 0 Å². The van der Waals surface area contributed by atoms with Crippen LogP contribution in [0.2, 0.25) is 5.28 Å². The van der Waals surface area contributed by atoms with E-state index in [1.807, 2.05) is 10.6 Å². The van der Waals surface area contributed by atoms with Gasteiger partial charge < -0.3 is 4.74 Å². The molecule has 2 heterocycles. The molecule has 4 nitrogen and oxygen atoms in total. The number of benzene rings is 1. The predicted octanol–water partition coefficient (Wildman–Crippen LogP) is 3.07. The summed E-state index contributed by atoms with van der Waals surface area (Å²) >= 11 is 6.13. The molecule has 0 unspecified atom stereocenters. The molecule has 1 aliphatic heterocycles. The maximum atomic E-state index is 6.13. The minimum atomic E-state index is 0.273. The summed E-state index contributed by atoms with van der Waals surface area (Å²) in [5, 5.41) is 8.49. The number of hydrogen-bond acceptors (Lipinski definition) is 3. The van der Waals surface area contributed by atoms with Crippen molar-refractivity contribution >= 4 is 11.6 Å². The van der Waals surface area contributed by atoms with Gasteiger partial charge in [0, 0.05) is 5.92 Å². The van der Waals surface area contributed by atoms with Gasteiger partial charge in [0.2, 0.25) is 5.28 Å². The van der Waals surface area contributed by atoms with Crippen LogP contribution in [0.3, 0.4) is 0 Å². The lowest BCUT2D eigenvalue weighted by atomic mass is 10.1. The Balaban J connectivity index is 2.12. The van der Waals surface area contributed by atoms with Crippen LogP contribution in [0.25, 0.3) is 5.69 Å². The third kappa shape index (κ3) is 1.82. The fourth-order valence-corrected chi connectivity index (χ4v) is 2.41. The second kappa shape index (κ2) is 4.37. The van der Waals surface area contributed by atoms with E-state index in [4.69, 9.17) is 16.3 Å². The molecule has 0 bridgehead atoms. The average Bonchev–Trinajstić information content (AvgIpc) is 2.93. The minimum absolute atomic E-state index is 0.273. The van der Waals surface area contributed by atoms with E-state index in [1.54, 1.807) is 0 Å². The molecule has 0 fully saturated rings. The zero-order valence-corrected chi connectivity index (χ0v) is 11.1. The van der Waals surface area contributed by atoms with E-state index in [0.717, 1.165) is 11.5 Å². The van der Waals surface area contributed by atoms with E-state index in [9.17, 15) is 0 Å². The van der Waals surface area contributed by atoms with E-state index in [0.29, 0.717) is 18.5 Å². The molecule has 1 aromatic heterocycles. The number of hydrogen-bond donors (Lipinski definition) is 0. The first-order valence-corrected chi connectivity index (χ1v) is 6.35. The van der Waals surface area contributed by atoms with Crippen LogP contribution in [0.5, 0.6) is 0 Å². The second-order valence-electron chi connectivity index (χ2n) is 4.76. The molecule has 0 N–H and O–H groups in total. The van der Waals surface area contributed by atoms with Crippen LogP contribution in [-0.2, 0) is 18.0 Å². The van der Waals surface area contributed by atoms with Gasteiger partial charge >= 0.3 is 0 Å². The number of halogens is 1. The van der Waals surface area contributed by atoms with Crippen molar-refractivity contribution in [2.24, 2.45) is 0 Å². The topological polar surface area (TPSA) is 39.9 Å². The molecule has 0 atom stereocenters. The maximum Gasteiger partial charge on any atom is 0.229 e. The fraction of sp³-hybridized carbons (Fsp3) is 0.385. The summed E-state index contributed by atoms with van der Waals surface area (Å²) in [6.07, 6.45) is 0. The van der Waals surface area contributed by atoms with E-state index in [-0.39, 0.29) is 5.92 Å². The lowest BCUT2D eigenvalue weighted by molar-refractivity contribution is 0.134. The van der Waals surface area contributed by atoms with Crippen LogP contribution in [0.15, 0.2) is 18.2 Å². The summed E-state index contributed by atoms with van der Waals surface area (Å²) in [5.41, 5.74) is 3.46. The van der Waals surface area contributed by atoms with Gasteiger partial charge in [0.1, 0.15) is 5.82 Å². The molecule has 0 saturated carbocycles.